The number of thioether (sulfide) groups is 1. The second kappa shape index (κ2) is 9.80. The minimum atomic E-state index is -0.178. The van der Waals surface area contributed by atoms with E-state index in [1.54, 1.807) is 13.2 Å². The van der Waals surface area contributed by atoms with E-state index in [0.717, 1.165) is 23.3 Å². The Labute approximate surface area is 180 Å². The van der Waals surface area contributed by atoms with Gasteiger partial charge in [-0.3, -0.25) is 4.79 Å². The molecule has 2 aromatic carbocycles. The number of thiocarbonyl (C=S) groups is 1. The SMILES string of the molecule is COc1cc(/C=C2\SC(=S)NC2=O)ccc1OCCCOc1cc(C)ccc1C. The van der Waals surface area contributed by atoms with Crippen LogP contribution in [-0.2, 0) is 4.79 Å². The van der Waals surface area contributed by atoms with Crippen LogP contribution >= 0.6 is 24.0 Å². The van der Waals surface area contributed by atoms with Crippen LogP contribution in [0.15, 0.2) is 41.3 Å². The molecular formula is C22H23NO4S2. The van der Waals surface area contributed by atoms with E-state index in [4.69, 9.17) is 26.4 Å². The van der Waals surface area contributed by atoms with E-state index < -0.39 is 0 Å². The molecule has 1 N–H and O–H groups in total. The van der Waals surface area contributed by atoms with Gasteiger partial charge in [0.25, 0.3) is 5.91 Å². The van der Waals surface area contributed by atoms with Crippen LogP contribution in [0.1, 0.15) is 23.1 Å². The molecule has 0 bridgehead atoms. The number of carbonyl (C=O) groups is 1. The average Bonchev–Trinajstić information content (AvgIpc) is 3.01. The van der Waals surface area contributed by atoms with Crippen LogP contribution in [0, 0.1) is 13.8 Å². The second-order valence-electron chi connectivity index (χ2n) is 6.58. The van der Waals surface area contributed by atoms with E-state index in [9.17, 15) is 4.79 Å². The molecule has 0 atom stereocenters. The quantitative estimate of drug-likeness (QED) is 0.375. The second-order valence-corrected chi connectivity index (χ2v) is 8.30. The summed E-state index contributed by atoms with van der Waals surface area (Å²) in [6, 6.07) is 11.7. The van der Waals surface area contributed by atoms with E-state index in [1.807, 2.05) is 38.1 Å². The van der Waals surface area contributed by atoms with Gasteiger partial charge in [-0.1, -0.05) is 42.2 Å². The van der Waals surface area contributed by atoms with E-state index >= 15 is 0 Å². The third kappa shape index (κ3) is 5.74. The van der Waals surface area contributed by atoms with Crippen LogP contribution in [-0.4, -0.2) is 30.6 Å². The lowest BCUT2D eigenvalue weighted by Gasteiger charge is -2.13. The molecule has 0 aliphatic carbocycles. The van der Waals surface area contributed by atoms with E-state index in [-0.39, 0.29) is 5.91 Å². The molecule has 29 heavy (non-hydrogen) atoms. The fourth-order valence-electron chi connectivity index (χ4n) is 2.75. The summed E-state index contributed by atoms with van der Waals surface area (Å²) in [4.78, 5) is 12.4. The lowest BCUT2D eigenvalue weighted by molar-refractivity contribution is -0.115. The monoisotopic (exact) mass is 429 g/mol. The van der Waals surface area contributed by atoms with Crippen LogP contribution in [0.4, 0.5) is 0 Å². The summed E-state index contributed by atoms with van der Waals surface area (Å²) in [6.07, 6.45) is 2.53. The predicted octanol–water partition coefficient (Wildman–Crippen LogP) is 4.65. The maximum absolute atomic E-state index is 11.8. The summed E-state index contributed by atoms with van der Waals surface area (Å²) < 4.78 is 17.6. The number of hydrogen-bond donors (Lipinski definition) is 1. The number of benzene rings is 2. The van der Waals surface area contributed by atoms with Crippen molar-refractivity contribution in [1.82, 2.24) is 5.32 Å². The van der Waals surface area contributed by atoms with Gasteiger partial charge in [-0.05, 0) is 54.8 Å². The third-order valence-electron chi connectivity index (χ3n) is 4.27. The standard InChI is InChI=1S/C22H23NO4S2/c1-14-5-6-15(2)18(11-14)27-10-4-9-26-17-8-7-16(12-19(17)25-3)13-20-21(24)23-22(28)29-20/h5-8,11-13H,4,9-10H2,1-3H3,(H,23,24,28)/b20-13-. The van der Waals surface area contributed by atoms with Crippen molar-refractivity contribution in [3.63, 3.8) is 0 Å². The van der Waals surface area contributed by atoms with Crippen molar-refractivity contribution in [3.05, 3.63) is 58.0 Å². The van der Waals surface area contributed by atoms with Gasteiger partial charge in [0, 0.05) is 6.42 Å². The largest absolute Gasteiger partial charge is 0.493 e. The van der Waals surface area contributed by atoms with Gasteiger partial charge in [0.2, 0.25) is 0 Å². The Morgan fingerprint density at radius 1 is 1.03 bits per heavy atom. The summed E-state index contributed by atoms with van der Waals surface area (Å²) in [5.41, 5.74) is 3.14. The Kier molecular flexibility index (Phi) is 7.17. The molecule has 1 aliphatic heterocycles. The highest BCUT2D eigenvalue weighted by Crippen LogP contribution is 2.31. The summed E-state index contributed by atoms with van der Waals surface area (Å²) in [7, 11) is 1.59. The molecule has 1 saturated heterocycles. The number of methoxy groups -OCH3 is 1. The molecule has 0 spiro atoms. The summed E-state index contributed by atoms with van der Waals surface area (Å²) in [5, 5.41) is 2.60. The molecule has 7 heteroatoms. The fraction of sp³-hybridized carbons (Fsp3) is 0.273. The molecule has 1 aliphatic rings. The Morgan fingerprint density at radius 3 is 2.48 bits per heavy atom. The molecule has 3 rings (SSSR count). The molecule has 152 valence electrons. The highest BCUT2D eigenvalue weighted by Gasteiger charge is 2.22. The van der Waals surface area contributed by atoms with Crippen molar-refractivity contribution >= 4 is 40.3 Å². The van der Waals surface area contributed by atoms with E-state index in [2.05, 4.69) is 17.4 Å². The first kappa shape index (κ1) is 21.2. The highest BCUT2D eigenvalue weighted by atomic mass is 32.2. The molecule has 0 radical (unpaired) electrons. The van der Waals surface area contributed by atoms with Crippen molar-refractivity contribution in [2.75, 3.05) is 20.3 Å². The number of aryl methyl sites for hydroxylation is 2. The van der Waals surface area contributed by atoms with Gasteiger partial charge in [0.1, 0.15) is 10.1 Å². The first-order chi connectivity index (χ1) is 14.0. The molecule has 5 nitrogen and oxygen atoms in total. The lowest BCUT2D eigenvalue weighted by Crippen LogP contribution is -2.17. The Bertz CT molecular complexity index is 956. The van der Waals surface area contributed by atoms with Crippen LogP contribution in [0.5, 0.6) is 17.2 Å². The van der Waals surface area contributed by atoms with Crippen LogP contribution in [0.2, 0.25) is 0 Å². The van der Waals surface area contributed by atoms with Crippen molar-refractivity contribution in [2.45, 2.75) is 20.3 Å². The fourth-order valence-corrected chi connectivity index (χ4v) is 3.80. The molecule has 1 heterocycles. The normalized spacial score (nSPS) is 14.8. The zero-order valence-electron chi connectivity index (χ0n) is 16.6. The van der Waals surface area contributed by atoms with Crippen LogP contribution in [0.25, 0.3) is 6.08 Å². The zero-order valence-corrected chi connectivity index (χ0v) is 18.2. The molecule has 0 saturated carbocycles. The third-order valence-corrected chi connectivity index (χ3v) is 5.44. The average molecular weight is 430 g/mol. The maximum atomic E-state index is 11.8. The molecule has 0 unspecified atom stereocenters. The first-order valence-corrected chi connectivity index (χ1v) is 10.4. The van der Waals surface area contributed by atoms with Gasteiger partial charge in [-0.2, -0.15) is 0 Å². The lowest BCUT2D eigenvalue weighted by atomic mass is 10.1. The van der Waals surface area contributed by atoms with Crippen LogP contribution < -0.4 is 19.5 Å². The van der Waals surface area contributed by atoms with Crippen molar-refractivity contribution < 1.29 is 19.0 Å². The highest BCUT2D eigenvalue weighted by molar-refractivity contribution is 8.26. The van der Waals surface area contributed by atoms with Gasteiger partial charge >= 0.3 is 0 Å². The summed E-state index contributed by atoms with van der Waals surface area (Å²) in [5.74, 6) is 2.00. The Morgan fingerprint density at radius 2 is 1.79 bits per heavy atom. The Balaban J connectivity index is 1.54. The number of nitrogens with one attached hydrogen (secondary N) is 1. The molecule has 1 amide bonds. The van der Waals surface area contributed by atoms with Crippen LogP contribution in [0.3, 0.4) is 0 Å². The summed E-state index contributed by atoms with van der Waals surface area (Å²) in [6.45, 7) is 5.17. The van der Waals surface area contributed by atoms with E-state index in [0.29, 0.717) is 33.9 Å². The number of rotatable bonds is 8. The first-order valence-electron chi connectivity index (χ1n) is 9.22. The van der Waals surface area contributed by atoms with Gasteiger partial charge in [0.15, 0.2) is 11.5 Å². The minimum absolute atomic E-state index is 0.178. The van der Waals surface area contributed by atoms with Gasteiger partial charge < -0.3 is 19.5 Å². The maximum Gasteiger partial charge on any atom is 0.263 e. The topological polar surface area (TPSA) is 56.8 Å². The van der Waals surface area contributed by atoms with Gasteiger partial charge in [-0.25, -0.2) is 0 Å². The van der Waals surface area contributed by atoms with Crippen molar-refractivity contribution in [1.29, 1.82) is 0 Å². The molecular weight excluding hydrogens is 406 g/mol. The summed E-state index contributed by atoms with van der Waals surface area (Å²) >= 11 is 6.26. The number of hydrogen-bond acceptors (Lipinski definition) is 6. The molecule has 1 fully saturated rings. The Hall–Kier alpha value is -2.51. The van der Waals surface area contributed by atoms with Gasteiger partial charge in [0.05, 0.1) is 25.2 Å². The van der Waals surface area contributed by atoms with Crippen molar-refractivity contribution in [2.24, 2.45) is 0 Å². The predicted molar refractivity (Wildman–Crippen MR) is 121 cm³/mol. The van der Waals surface area contributed by atoms with Crippen molar-refractivity contribution in [3.8, 4) is 17.2 Å². The minimum Gasteiger partial charge on any atom is -0.493 e. The molecule has 2 aromatic rings. The number of ether oxygens (including phenoxy) is 3. The number of amides is 1. The van der Waals surface area contributed by atoms with E-state index in [1.165, 1.54) is 17.3 Å². The number of carbonyl (C=O) groups excluding carboxylic acids is 1. The zero-order chi connectivity index (χ0) is 20.8. The molecule has 0 aromatic heterocycles. The smallest absolute Gasteiger partial charge is 0.263 e. The van der Waals surface area contributed by atoms with Gasteiger partial charge in [-0.15, -0.1) is 0 Å².